The Kier molecular flexibility index (Phi) is 3.96. The first-order chi connectivity index (χ1) is 12.6. The van der Waals surface area contributed by atoms with Crippen molar-refractivity contribution in [3.05, 3.63) is 71.4 Å². The molecule has 2 aromatic carbocycles. The van der Waals surface area contributed by atoms with Crippen molar-refractivity contribution in [3.8, 4) is 11.5 Å². The minimum Gasteiger partial charge on any atom is -0.352 e. The molecule has 0 bridgehead atoms. The van der Waals surface area contributed by atoms with E-state index in [0.717, 1.165) is 22.2 Å². The molecule has 0 aliphatic rings. The number of amides is 1. The van der Waals surface area contributed by atoms with Crippen LogP contribution in [0.4, 0.5) is 4.39 Å². The highest BCUT2D eigenvalue weighted by atomic mass is 19.1. The van der Waals surface area contributed by atoms with Gasteiger partial charge in [0, 0.05) is 16.5 Å². The van der Waals surface area contributed by atoms with E-state index in [4.69, 9.17) is 4.52 Å². The molecule has 4 aromatic rings. The van der Waals surface area contributed by atoms with Crippen molar-refractivity contribution in [2.45, 2.75) is 13.5 Å². The number of benzene rings is 2. The number of H-pyrrole nitrogens is 1. The van der Waals surface area contributed by atoms with Crippen molar-refractivity contribution in [2.75, 3.05) is 0 Å². The third-order valence-electron chi connectivity index (χ3n) is 4.10. The molecule has 0 aliphatic heterocycles. The molecule has 130 valence electrons. The lowest BCUT2D eigenvalue weighted by molar-refractivity contribution is 0.0946. The highest BCUT2D eigenvalue weighted by molar-refractivity contribution is 5.94. The quantitative estimate of drug-likeness (QED) is 0.589. The zero-order chi connectivity index (χ0) is 18.1. The molecule has 4 rings (SSSR count). The summed E-state index contributed by atoms with van der Waals surface area (Å²) in [4.78, 5) is 19.6. The molecule has 0 spiro atoms. The van der Waals surface area contributed by atoms with E-state index in [-0.39, 0.29) is 18.3 Å². The summed E-state index contributed by atoms with van der Waals surface area (Å²) in [6, 6.07) is 13.3. The van der Waals surface area contributed by atoms with E-state index in [1.807, 2.05) is 31.2 Å². The molecule has 1 amide bonds. The van der Waals surface area contributed by atoms with Crippen molar-refractivity contribution in [1.29, 1.82) is 0 Å². The van der Waals surface area contributed by atoms with Crippen molar-refractivity contribution in [2.24, 2.45) is 0 Å². The Morgan fingerprint density at radius 2 is 2.04 bits per heavy atom. The van der Waals surface area contributed by atoms with Crippen LogP contribution >= 0.6 is 0 Å². The van der Waals surface area contributed by atoms with Gasteiger partial charge in [0.25, 0.3) is 5.91 Å². The number of carbonyl (C=O) groups is 1. The van der Waals surface area contributed by atoms with E-state index >= 15 is 0 Å². The monoisotopic (exact) mass is 350 g/mol. The molecule has 2 heterocycles. The number of fused-ring (bicyclic) bond motifs is 1. The Hall–Kier alpha value is -3.48. The van der Waals surface area contributed by atoms with Crippen molar-refractivity contribution in [1.82, 2.24) is 20.4 Å². The fourth-order valence-electron chi connectivity index (χ4n) is 2.72. The topological polar surface area (TPSA) is 83.8 Å². The Balaban J connectivity index is 1.48. The first kappa shape index (κ1) is 16.0. The Morgan fingerprint density at radius 3 is 2.81 bits per heavy atom. The number of aromatic nitrogens is 3. The zero-order valence-electron chi connectivity index (χ0n) is 13.9. The van der Waals surface area contributed by atoms with Crippen molar-refractivity contribution >= 4 is 16.8 Å². The minimum atomic E-state index is -0.392. The van der Waals surface area contributed by atoms with Crippen LogP contribution in [0.25, 0.3) is 22.4 Å². The summed E-state index contributed by atoms with van der Waals surface area (Å²) >= 11 is 0. The second-order valence-corrected chi connectivity index (χ2v) is 5.92. The molecule has 26 heavy (non-hydrogen) atoms. The smallest absolute Gasteiger partial charge is 0.251 e. The standard InChI is InChI=1S/C19H15FN4O2/c1-11-3-2-4-15-14(11)9-16(22-15)18-23-17(26-24-18)10-21-19(25)12-5-7-13(20)8-6-12/h2-9,22H,10H2,1H3,(H,21,25). The van der Waals surface area contributed by atoms with E-state index < -0.39 is 5.82 Å². The summed E-state index contributed by atoms with van der Waals surface area (Å²) in [5, 5.41) is 7.72. The predicted molar refractivity (Wildman–Crippen MR) is 93.9 cm³/mol. The summed E-state index contributed by atoms with van der Waals surface area (Å²) in [5.41, 5.74) is 3.25. The van der Waals surface area contributed by atoms with Crippen LogP contribution in [-0.4, -0.2) is 21.0 Å². The van der Waals surface area contributed by atoms with Crippen LogP contribution in [0.5, 0.6) is 0 Å². The fourth-order valence-corrected chi connectivity index (χ4v) is 2.72. The number of hydrogen-bond acceptors (Lipinski definition) is 4. The molecule has 0 fully saturated rings. The van der Waals surface area contributed by atoms with Gasteiger partial charge in [0.2, 0.25) is 11.7 Å². The average Bonchev–Trinajstić information content (AvgIpc) is 3.28. The number of carbonyl (C=O) groups excluding carboxylic acids is 1. The van der Waals surface area contributed by atoms with Crippen LogP contribution in [0.2, 0.25) is 0 Å². The number of halogens is 1. The lowest BCUT2D eigenvalue weighted by atomic mass is 10.1. The van der Waals surface area contributed by atoms with Crippen LogP contribution in [0, 0.1) is 12.7 Å². The number of aromatic amines is 1. The minimum absolute atomic E-state index is 0.0858. The maximum atomic E-state index is 12.9. The van der Waals surface area contributed by atoms with Gasteiger partial charge in [-0.1, -0.05) is 17.3 Å². The molecule has 0 unspecified atom stereocenters. The first-order valence-corrected chi connectivity index (χ1v) is 8.05. The zero-order valence-corrected chi connectivity index (χ0v) is 13.9. The summed E-state index contributed by atoms with van der Waals surface area (Å²) in [6.07, 6.45) is 0. The normalized spacial score (nSPS) is 11.0. The van der Waals surface area contributed by atoms with Gasteiger partial charge in [-0.05, 0) is 48.9 Å². The lowest BCUT2D eigenvalue weighted by Gasteiger charge is -2.01. The SMILES string of the molecule is Cc1cccc2[nH]c(-c3noc(CNC(=O)c4ccc(F)cc4)n3)cc12. The van der Waals surface area contributed by atoms with Crippen molar-refractivity contribution < 1.29 is 13.7 Å². The molecular weight excluding hydrogens is 335 g/mol. The van der Waals surface area contributed by atoms with Crippen LogP contribution in [0.3, 0.4) is 0 Å². The molecule has 2 N–H and O–H groups in total. The van der Waals surface area contributed by atoms with Crippen LogP contribution in [-0.2, 0) is 6.54 Å². The highest BCUT2D eigenvalue weighted by Crippen LogP contribution is 2.24. The maximum Gasteiger partial charge on any atom is 0.251 e. The third-order valence-corrected chi connectivity index (χ3v) is 4.10. The van der Waals surface area contributed by atoms with Gasteiger partial charge in [-0.25, -0.2) is 4.39 Å². The van der Waals surface area contributed by atoms with Gasteiger partial charge in [0.15, 0.2) is 0 Å². The second-order valence-electron chi connectivity index (χ2n) is 5.92. The predicted octanol–water partition coefficient (Wildman–Crippen LogP) is 3.60. The second kappa shape index (κ2) is 6.44. The average molecular weight is 350 g/mol. The molecule has 0 radical (unpaired) electrons. The van der Waals surface area contributed by atoms with E-state index in [9.17, 15) is 9.18 Å². The molecule has 0 saturated heterocycles. The molecule has 0 atom stereocenters. The van der Waals surface area contributed by atoms with Gasteiger partial charge >= 0.3 is 0 Å². The summed E-state index contributed by atoms with van der Waals surface area (Å²) < 4.78 is 18.1. The molecule has 2 aromatic heterocycles. The number of nitrogens with one attached hydrogen (secondary N) is 2. The fraction of sp³-hybridized carbons (Fsp3) is 0.105. The van der Waals surface area contributed by atoms with Gasteiger partial charge in [-0.3, -0.25) is 4.79 Å². The number of aryl methyl sites for hydroxylation is 1. The van der Waals surface area contributed by atoms with Gasteiger partial charge in [-0.2, -0.15) is 4.98 Å². The molecule has 0 aliphatic carbocycles. The molecule has 7 heteroatoms. The summed E-state index contributed by atoms with van der Waals surface area (Å²) in [6.45, 7) is 2.12. The first-order valence-electron chi connectivity index (χ1n) is 8.05. The van der Waals surface area contributed by atoms with E-state index in [1.54, 1.807) is 0 Å². The Bertz CT molecular complexity index is 1080. The summed E-state index contributed by atoms with van der Waals surface area (Å²) in [7, 11) is 0. The molecule has 6 nitrogen and oxygen atoms in total. The largest absolute Gasteiger partial charge is 0.352 e. The van der Waals surface area contributed by atoms with Gasteiger partial charge < -0.3 is 14.8 Å². The van der Waals surface area contributed by atoms with Gasteiger partial charge in [-0.15, -0.1) is 0 Å². The van der Waals surface area contributed by atoms with Crippen LogP contribution in [0.1, 0.15) is 21.8 Å². The molecular formula is C19H15FN4O2. The van der Waals surface area contributed by atoms with E-state index in [0.29, 0.717) is 11.4 Å². The van der Waals surface area contributed by atoms with Gasteiger partial charge in [0.05, 0.1) is 12.2 Å². The van der Waals surface area contributed by atoms with E-state index in [2.05, 4.69) is 20.4 Å². The summed E-state index contributed by atoms with van der Waals surface area (Å²) in [5.74, 6) is -0.0277. The Morgan fingerprint density at radius 1 is 1.23 bits per heavy atom. The highest BCUT2D eigenvalue weighted by Gasteiger charge is 2.13. The van der Waals surface area contributed by atoms with Gasteiger partial charge in [0.1, 0.15) is 5.82 Å². The van der Waals surface area contributed by atoms with E-state index in [1.165, 1.54) is 24.3 Å². The lowest BCUT2D eigenvalue weighted by Crippen LogP contribution is -2.22. The Labute approximate surface area is 148 Å². The van der Waals surface area contributed by atoms with Crippen molar-refractivity contribution in [3.63, 3.8) is 0 Å². The number of rotatable bonds is 4. The number of hydrogen-bond donors (Lipinski definition) is 2. The number of nitrogens with zero attached hydrogens (tertiary/aromatic N) is 2. The van der Waals surface area contributed by atoms with Crippen LogP contribution < -0.4 is 5.32 Å². The third kappa shape index (κ3) is 3.06. The van der Waals surface area contributed by atoms with Crippen LogP contribution in [0.15, 0.2) is 53.1 Å². The molecule has 0 saturated carbocycles. The maximum absolute atomic E-state index is 12.9.